The maximum Gasteiger partial charge on any atom is 0.0726 e. The van der Waals surface area contributed by atoms with E-state index in [1.807, 2.05) is 0 Å². The number of benzene rings is 12. The van der Waals surface area contributed by atoms with E-state index < -0.39 is 10.8 Å². The first kappa shape index (κ1) is 49.9. The van der Waals surface area contributed by atoms with Gasteiger partial charge in [-0.15, -0.1) is 0 Å². The molecule has 2 aromatic heterocycles. The number of aromatic nitrogens is 2. The highest BCUT2D eigenvalue weighted by Gasteiger charge is 2.53. The van der Waals surface area contributed by atoms with E-state index in [2.05, 4.69) is 241 Å². The number of rotatable bonds is 18. The molecular formula is C82H70N2. The zero-order valence-corrected chi connectivity index (χ0v) is 48.6. The van der Waals surface area contributed by atoms with Crippen molar-refractivity contribution < 1.29 is 0 Å². The second-order valence-corrected chi connectivity index (χ2v) is 24.9. The van der Waals surface area contributed by atoms with Gasteiger partial charge in [0.2, 0.25) is 0 Å². The van der Waals surface area contributed by atoms with Crippen molar-refractivity contribution in [2.75, 3.05) is 0 Å². The third kappa shape index (κ3) is 6.47. The zero-order valence-electron chi connectivity index (χ0n) is 48.6. The summed E-state index contributed by atoms with van der Waals surface area (Å²) in [6.07, 6.45) is 14.9. The average Bonchev–Trinajstić information content (AvgIpc) is 1.46. The van der Waals surface area contributed by atoms with Crippen LogP contribution in [-0.2, 0) is 23.9 Å². The Hall–Kier alpha value is -8.72. The number of unbranched alkanes of at least 4 members (excludes halogenated alkanes) is 10. The molecule has 0 fully saturated rings. The highest BCUT2D eigenvalue weighted by molar-refractivity contribution is 6.49. The van der Waals surface area contributed by atoms with Crippen LogP contribution in [0.3, 0.4) is 0 Å². The zero-order chi connectivity index (χ0) is 55.7. The summed E-state index contributed by atoms with van der Waals surface area (Å²) in [6.45, 7) is 6.56. The summed E-state index contributed by atoms with van der Waals surface area (Å²) in [6, 6.07) is 85.6. The minimum absolute atomic E-state index is 0.692. The van der Waals surface area contributed by atoms with Crippen molar-refractivity contribution in [3.8, 4) is 0 Å². The maximum atomic E-state index is 2.89. The van der Waals surface area contributed by atoms with Gasteiger partial charge in [-0.2, -0.15) is 0 Å². The van der Waals surface area contributed by atoms with Crippen LogP contribution in [0.4, 0.5) is 0 Å². The lowest BCUT2D eigenvalue weighted by molar-refractivity contribution is 0.572. The molecule has 15 aromatic rings. The Morgan fingerprint density at radius 2 is 0.440 bits per heavy atom. The highest BCUT2D eigenvalue weighted by Crippen LogP contribution is 2.68. The van der Waals surface area contributed by atoms with E-state index in [9.17, 15) is 0 Å². The van der Waals surface area contributed by atoms with Gasteiger partial charge in [0.1, 0.15) is 0 Å². The number of hydrogen-bond acceptors (Lipinski definition) is 0. The molecule has 2 aliphatic rings. The van der Waals surface area contributed by atoms with E-state index in [-0.39, 0.29) is 0 Å². The molecule has 0 spiro atoms. The SMILES string of the molecule is CCCCCCCCn1c2c3ccccc3c3c4c5c(c6ccccc6c6c5c5c7c(c8ccccc8c5n6CCCCCCCC)C(c5ccccc5)(c5ccccc5)c5c6ccccc6c1c(c57)c42)C3(c1ccccc1)c1ccccc1. The molecular weight excluding hydrogens is 1010 g/mol. The first-order valence-electron chi connectivity index (χ1n) is 31.9. The first-order chi connectivity index (χ1) is 41.7. The van der Waals surface area contributed by atoms with Gasteiger partial charge in [0.05, 0.1) is 32.9 Å². The summed E-state index contributed by atoms with van der Waals surface area (Å²) in [7, 11) is 0. The number of nitrogens with zero attached hydrogens (tertiary/aromatic N) is 2. The molecule has 2 aliphatic carbocycles. The van der Waals surface area contributed by atoms with E-state index >= 15 is 0 Å². The lowest BCUT2D eigenvalue weighted by atomic mass is 9.64. The van der Waals surface area contributed by atoms with E-state index in [1.54, 1.807) is 0 Å². The lowest BCUT2D eigenvalue weighted by Crippen LogP contribution is -2.29. The molecule has 0 radical (unpaired) electrons. The minimum Gasteiger partial charge on any atom is -0.339 e. The quantitative estimate of drug-likeness (QED) is 0.0758. The Balaban J connectivity index is 1.23. The summed E-state index contributed by atoms with van der Waals surface area (Å²) in [5, 5.41) is 22.2. The van der Waals surface area contributed by atoms with Crippen LogP contribution in [0.1, 0.15) is 135 Å². The minimum atomic E-state index is -0.692. The maximum absolute atomic E-state index is 2.89. The molecule has 0 aliphatic heterocycles. The van der Waals surface area contributed by atoms with Gasteiger partial charge in [-0.05, 0) is 100 Å². The number of fused-ring (bicyclic) bond motifs is 12. The molecule has 0 saturated carbocycles. The predicted octanol–water partition coefficient (Wildman–Crippen LogP) is 22.4. The molecule has 0 bridgehead atoms. The van der Waals surface area contributed by atoms with Crippen molar-refractivity contribution in [1.82, 2.24) is 9.13 Å². The molecule has 0 N–H and O–H groups in total. The molecule has 408 valence electrons. The van der Waals surface area contributed by atoms with Crippen molar-refractivity contribution >= 4 is 108 Å². The summed E-state index contributed by atoms with van der Waals surface area (Å²) in [5.41, 5.74) is 15.1. The van der Waals surface area contributed by atoms with Crippen LogP contribution in [0.2, 0.25) is 0 Å². The van der Waals surface area contributed by atoms with E-state index in [4.69, 9.17) is 0 Å². The predicted molar refractivity (Wildman–Crippen MR) is 359 cm³/mol. The third-order valence-electron chi connectivity index (χ3n) is 20.6. The highest BCUT2D eigenvalue weighted by atomic mass is 15.0. The Morgan fingerprint density at radius 3 is 0.690 bits per heavy atom. The Bertz CT molecular complexity index is 4460. The smallest absolute Gasteiger partial charge is 0.0726 e. The normalized spacial score (nSPS) is 14.2. The Labute approximate surface area is 492 Å². The number of aryl methyl sites for hydroxylation is 2. The molecule has 0 amide bonds. The van der Waals surface area contributed by atoms with Crippen LogP contribution >= 0.6 is 0 Å². The summed E-state index contributed by atoms with van der Waals surface area (Å²) >= 11 is 0. The molecule has 2 nitrogen and oxygen atoms in total. The average molecular weight is 1080 g/mol. The van der Waals surface area contributed by atoms with Gasteiger partial charge in [-0.3, -0.25) is 0 Å². The summed E-state index contributed by atoms with van der Waals surface area (Å²) in [4.78, 5) is 0. The molecule has 0 saturated heterocycles. The van der Waals surface area contributed by atoms with Crippen LogP contribution in [0, 0.1) is 0 Å². The van der Waals surface area contributed by atoms with Gasteiger partial charge in [0, 0.05) is 56.2 Å². The number of hydrogen-bond donors (Lipinski definition) is 0. The standard InChI is InChI=1S/C82H70N2/c1-3-5-7-9-11-33-51-83-77-61-47-29-25-43-57(61)73-65-67-71-72-68-66-70(69(65)77)78(83)62-48-30-26-44-58(62)74(66)82(55-39-21-15-22-40-55,56-41-23-16-24-42-56)76(68)60-46-28-32-50-64(60)80(72)84(52-34-12-10-8-6-4-2)79(71)63-49-31-27-45-59(63)75(67)81(73,53-35-17-13-18-36-53)54-37-19-14-20-38-54/h13-32,35-50H,3-12,33-34,51-52H2,1-2H3. The largest absolute Gasteiger partial charge is 0.339 e. The van der Waals surface area contributed by atoms with Crippen molar-refractivity contribution in [3.05, 3.63) is 263 Å². The molecule has 2 heterocycles. The first-order valence-corrected chi connectivity index (χ1v) is 31.9. The van der Waals surface area contributed by atoms with Gasteiger partial charge >= 0.3 is 0 Å². The Morgan fingerprint density at radius 1 is 0.226 bits per heavy atom. The third-order valence-corrected chi connectivity index (χ3v) is 20.6. The fraction of sp³-hybridized carbons (Fsp3) is 0.220. The van der Waals surface area contributed by atoms with Crippen molar-refractivity contribution in [2.24, 2.45) is 0 Å². The van der Waals surface area contributed by atoms with Crippen LogP contribution in [0.5, 0.6) is 0 Å². The van der Waals surface area contributed by atoms with Gasteiger partial charge in [-0.1, -0.05) is 296 Å². The van der Waals surface area contributed by atoms with Crippen LogP contribution < -0.4 is 0 Å². The summed E-state index contributed by atoms with van der Waals surface area (Å²) in [5.74, 6) is 0. The lowest BCUT2D eigenvalue weighted by Gasteiger charge is -2.36. The van der Waals surface area contributed by atoms with E-state index in [1.165, 1.54) is 217 Å². The van der Waals surface area contributed by atoms with Crippen molar-refractivity contribution in [1.29, 1.82) is 0 Å². The monoisotopic (exact) mass is 1080 g/mol. The van der Waals surface area contributed by atoms with Crippen LogP contribution in [-0.4, -0.2) is 9.13 Å². The molecule has 0 unspecified atom stereocenters. The van der Waals surface area contributed by atoms with Crippen LogP contribution in [0.15, 0.2) is 218 Å². The van der Waals surface area contributed by atoms with Crippen LogP contribution in [0.25, 0.3) is 108 Å². The second kappa shape index (κ2) is 19.4. The fourth-order valence-electron chi connectivity index (χ4n) is 17.6. The van der Waals surface area contributed by atoms with Gasteiger partial charge < -0.3 is 9.13 Å². The topological polar surface area (TPSA) is 9.86 Å². The fourth-order valence-corrected chi connectivity index (χ4v) is 17.6. The Kier molecular flexibility index (Phi) is 11.5. The molecule has 13 aromatic carbocycles. The van der Waals surface area contributed by atoms with Gasteiger partial charge in [-0.25, -0.2) is 0 Å². The molecule has 84 heavy (non-hydrogen) atoms. The molecule has 0 atom stereocenters. The second-order valence-electron chi connectivity index (χ2n) is 24.9. The van der Waals surface area contributed by atoms with Gasteiger partial charge in [0.15, 0.2) is 0 Å². The van der Waals surface area contributed by atoms with E-state index in [0.717, 1.165) is 25.9 Å². The molecule has 2 heteroatoms. The summed E-state index contributed by atoms with van der Waals surface area (Å²) < 4.78 is 5.77. The van der Waals surface area contributed by atoms with Gasteiger partial charge in [0.25, 0.3) is 0 Å². The van der Waals surface area contributed by atoms with E-state index in [0.29, 0.717) is 0 Å². The van der Waals surface area contributed by atoms with Crippen molar-refractivity contribution in [3.63, 3.8) is 0 Å². The van der Waals surface area contributed by atoms with Crippen molar-refractivity contribution in [2.45, 2.75) is 115 Å². The molecule has 17 rings (SSSR count).